The molecule has 1 N–H and O–H groups in total. The topological polar surface area (TPSA) is 103 Å². The van der Waals surface area contributed by atoms with E-state index in [2.05, 4.69) is 15.3 Å². The molecule has 0 spiro atoms. The van der Waals surface area contributed by atoms with Gasteiger partial charge in [-0.15, -0.1) is 11.3 Å². The van der Waals surface area contributed by atoms with E-state index in [4.69, 9.17) is 26.1 Å². The fourth-order valence-electron chi connectivity index (χ4n) is 4.91. The number of rotatable bonds is 13. The summed E-state index contributed by atoms with van der Waals surface area (Å²) < 4.78 is 50.6. The molecule has 6 aromatic rings. The van der Waals surface area contributed by atoms with Crippen LogP contribution in [0, 0.1) is 5.82 Å². The van der Waals surface area contributed by atoms with Gasteiger partial charge in [-0.3, -0.25) is 0 Å². The third-order valence-corrected chi connectivity index (χ3v) is 10.3. The van der Waals surface area contributed by atoms with Crippen molar-refractivity contribution in [2.24, 2.45) is 0 Å². The van der Waals surface area contributed by atoms with Crippen molar-refractivity contribution in [2.45, 2.75) is 31.0 Å². The molecule has 47 heavy (non-hydrogen) atoms. The first kappa shape index (κ1) is 32.5. The zero-order valence-corrected chi connectivity index (χ0v) is 27.7. The van der Waals surface area contributed by atoms with Gasteiger partial charge in [0.2, 0.25) is 0 Å². The molecule has 1 atom stereocenters. The first-order chi connectivity index (χ1) is 22.8. The highest BCUT2D eigenvalue weighted by molar-refractivity contribution is 7.91. The van der Waals surface area contributed by atoms with Crippen molar-refractivity contribution in [3.63, 3.8) is 0 Å². The maximum absolute atomic E-state index is 13.5. The van der Waals surface area contributed by atoms with Crippen molar-refractivity contribution in [1.29, 1.82) is 0 Å². The second-order valence-electron chi connectivity index (χ2n) is 10.6. The molecule has 0 saturated heterocycles. The number of sulfone groups is 1. The normalized spacial score (nSPS) is 12.2. The highest BCUT2D eigenvalue weighted by atomic mass is 35.5. The Bertz CT molecular complexity index is 2110. The number of halogens is 2. The van der Waals surface area contributed by atoms with Gasteiger partial charge in [0.1, 0.15) is 41.4 Å². The van der Waals surface area contributed by atoms with E-state index >= 15 is 0 Å². The van der Waals surface area contributed by atoms with E-state index in [1.54, 1.807) is 54.6 Å². The monoisotopic (exact) mass is 688 g/mol. The Morgan fingerprint density at radius 2 is 1.83 bits per heavy atom. The lowest BCUT2D eigenvalue weighted by Crippen LogP contribution is -2.14. The third kappa shape index (κ3) is 7.94. The molecule has 0 aliphatic heterocycles. The van der Waals surface area contributed by atoms with E-state index in [-0.39, 0.29) is 35.8 Å². The smallest absolute Gasteiger partial charge is 0.180 e. The van der Waals surface area contributed by atoms with Crippen LogP contribution >= 0.6 is 22.9 Å². The van der Waals surface area contributed by atoms with Gasteiger partial charge in [0.15, 0.2) is 9.84 Å². The molecule has 0 aliphatic rings. The summed E-state index contributed by atoms with van der Waals surface area (Å²) in [7, 11) is -3.44. The number of nitrogens with zero attached hydrogens (tertiary/aromatic N) is 3. The second kappa shape index (κ2) is 14.6. The number of fused-ring (bicyclic) bond motifs is 1. The lowest BCUT2D eigenvalue weighted by molar-refractivity contribution is 0.0609. The number of nitrogens with one attached hydrogen (secondary N) is 1. The lowest BCUT2D eigenvalue weighted by Gasteiger charge is -2.14. The van der Waals surface area contributed by atoms with Crippen molar-refractivity contribution in [3.8, 4) is 17.0 Å². The number of benzene rings is 4. The Balaban J connectivity index is 1.14. The van der Waals surface area contributed by atoms with Gasteiger partial charge in [-0.1, -0.05) is 54.9 Å². The number of thiazole rings is 1. The first-order valence-electron chi connectivity index (χ1n) is 14.8. The quantitative estimate of drug-likeness (QED) is 0.128. The van der Waals surface area contributed by atoms with Crippen LogP contribution in [0.5, 0.6) is 5.75 Å². The van der Waals surface area contributed by atoms with Crippen LogP contribution in [0.25, 0.3) is 22.2 Å². The minimum atomic E-state index is -3.44. The maximum atomic E-state index is 13.5. The molecule has 1 unspecified atom stereocenters. The SMILES string of the molecule is CCC(OCCS(=O)(=O)c1ccccc1)c1nc(-c2ccc3ncnc(Nc4ccc(OCc5cccc(F)c5)c(Cl)c4)c3c2)cs1. The average molecular weight is 689 g/mol. The van der Waals surface area contributed by atoms with Crippen molar-refractivity contribution in [1.82, 2.24) is 15.0 Å². The molecule has 0 saturated carbocycles. The van der Waals surface area contributed by atoms with Crippen LogP contribution in [-0.2, 0) is 21.2 Å². The number of hydrogen-bond acceptors (Lipinski definition) is 9. The minimum absolute atomic E-state index is 0.0666. The fraction of sp³-hybridized carbons (Fsp3) is 0.171. The number of anilines is 2. The summed E-state index contributed by atoms with van der Waals surface area (Å²) in [5.74, 6) is 0.632. The molecule has 2 heterocycles. The number of hydrogen-bond donors (Lipinski definition) is 1. The Morgan fingerprint density at radius 1 is 0.979 bits per heavy atom. The van der Waals surface area contributed by atoms with Gasteiger partial charge in [-0.2, -0.15) is 0 Å². The van der Waals surface area contributed by atoms with E-state index in [1.165, 1.54) is 29.8 Å². The zero-order valence-electron chi connectivity index (χ0n) is 25.3. The molecule has 4 aromatic carbocycles. The molecule has 12 heteroatoms. The third-order valence-electron chi connectivity index (χ3n) is 7.35. The molecule has 0 amide bonds. The van der Waals surface area contributed by atoms with Gasteiger partial charge < -0.3 is 14.8 Å². The van der Waals surface area contributed by atoms with Crippen LogP contribution < -0.4 is 10.1 Å². The second-order valence-corrected chi connectivity index (χ2v) is 14.0. The predicted octanol–water partition coefficient (Wildman–Crippen LogP) is 8.81. The molecule has 2 aromatic heterocycles. The molecule has 240 valence electrons. The maximum Gasteiger partial charge on any atom is 0.180 e. The van der Waals surface area contributed by atoms with E-state index in [0.717, 1.165) is 27.2 Å². The summed E-state index contributed by atoms with van der Waals surface area (Å²) in [5.41, 5.74) is 3.79. The van der Waals surface area contributed by atoms with E-state index in [1.807, 2.05) is 36.6 Å². The highest BCUT2D eigenvalue weighted by Gasteiger charge is 2.19. The average Bonchev–Trinajstić information content (AvgIpc) is 3.57. The van der Waals surface area contributed by atoms with Gasteiger partial charge in [0.25, 0.3) is 0 Å². The number of ether oxygens (including phenoxy) is 2. The number of aromatic nitrogens is 3. The Hall–Kier alpha value is -4.42. The molecule has 0 bridgehead atoms. The van der Waals surface area contributed by atoms with E-state index in [0.29, 0.717) is 34.3 Å². The van der Waals surface area contributed by atoms with Crippen LogP contribution in [0.3, 0.4) is 0 Å². The van der Waals surface area contributed by atoms with Crippen molar-refractivity contribution >= 4 is 55.2 Å². The molecule has 0 fully saturated rings. The van der Waals surface area contributed by atoms with Crippen LogP contribution in [0.2, 0.25) is 5.02 Å². The highest BCUT2D eigenvalue weighted by Crippen LogP contribution is 2.34. The van der Waals surface area contributed by atoms with Crippen molar-refractivity contribution < 1.29 is 22.3 Å². The molecule has 6 rings (SSSR count). The van der Waals surface area contributed by atoms with Crippen molar-refractivity contribution in [3.05, 3.63) is 124 Å². The van der Waals surface area contributed by atoms with Gasteiger partial charge in [0.05, 0.1) is 33.5 Å². The van der Waals surface area contributed by atoms with Crippen LogP contribution in [-0.4, -0.2) is 35.7 Å². The van der Waals surface area contributed by atoms with Crippen LogP contribution in [0.4, 0.5) is 15.9 Å². The predicted molar refractivity (Wildman–Crippen MR) is 184 cm³/mol. The molecular formula is C35H30ClFN4O4S2. The summed E-state index contributed by atoms with van der Waals surface area (Å²) in [6.45, 7) is 2.23. The van der Waals surface area contributed by atoms with Gasteiger partial charge in [0, 0.05) is 22.0 Å². The Morgan fingerprint density at radius 3 is 2.62 bits per heavy atom. The lowest BCUT2D eigenvalue weighted by atomic mass is 10.1. The fourth-order valence-corrected chi connectivity index (χ4v) is 7.23. The summed E-state index contributed by atoms with van der Waals surface area (Å²) in [6.07, 6.45) is 1.81. The Kier molecular flexibility index (Phi) is 10.1. The Labute approximate surface area is 281 Å². The van der Waals surface area contributed by atoms with Gasteiger partial charge in [-0.05, 0) is 66.6 Å². The van der Waals surface area contributed by atoms with Gasteiger partial charge >= 0.3 is 0 Å². The summed E-state index contributed by atoms with van der Waals surface area (Å²) in [5, 5.41) is 7.25. The van der Waals surface area contributed by atoms with Crippen LogP contribution in [0.1, 0.15) is 30.0 Å². The van der Waals surface area contributed by atoms with E-state index in [9.17, 15) is 12.8 Å². The molecule has 8 nitrogen and oxygen atoms in total. The summed E-state index contributed by atoms with van der Waals surface area (Å²) in [4.78, 5) is 14.0. The summed E-state index contributed by atoms with van der Waals surface area (Å²) >= 11 is 7.99. The minimum Gasteiger partial charge on any atom is -0.487 e. The van der Waals surface area contributed by atoms with Gasteiger partial charge in [-0.25, -0.2) is 27.8 Å². The molecular weight excluding hydrogens is 659 g/mol. The zero-order chi connectivity index (χ0) is 32.8. The van der Waals surface area contributed by atoms with Crippen LogP contribution in [0.15, 0.2) is 108 Å². The van der Waals surface area contributed by atoms with E-state index < -0.39 is 9.84 Å². The largest absolute Gasteiger partial charge is 0.487 e. The molecule has 0 radical (unpaired) electrons. The first-order valence-corrected chi connectivity index (χ1v) is 17.7. The standard InChI is InChI=1S/C35H30ClFN4O4S2/c1-2-32(44-15-16-47(42,43)27-9-4-3-5-10-27)35-41-31(21-46-35)24-11-13-30-28(18-24)34(39-22-38-30)40-26-12-14-33(29(36)19-26)45-20-23-7-6-8-25(37)17-23/h3-14,17-19,21-22,32H,2,15-16,20H2,1H3,(H,38,39,40). The molecule has 0 aliphatic carbocycles. The summed E-state index contributed by atoms with van der Waals surface area (Å²) in [6, 6.07) is 25.8. The van der Waals surface area contributed by atoms with Crippen molar-refractivity contribution in [2.75, 3.05) is 17.7 Å².